The molecule has 0 aliphatic rings. The highest BCUT2D eigenvalue weighted by Crippen LogP contribution is 2.11. The first-order chi connectivity index (χ1) is 5.40. The summed E-state index contributed by atoms with van der Waals surface area (Å²) in [6.45, 7) is 8.94. The van der Waals surface area contributed by atoms with E-state index in [0.717, 1.165) is 6.54 Å². The largest absolute Gasteiger partial charge is 0.355 e. The molecule has 0 rings (SSSR count). The highest BCUT2D eigenvalue weighted by atomic mass is 16.2. The number of hydrogen-bond acceptors (Lipinski definition) is 2. The van der Waals surface area contributed by atoms with Crippen LogP contribution in [0.3, 0.4) is 0 Å². The van der Waals surface area contributed by atoms with Crippen LogP contribution in [0, 0.1) is 11.3 Å². The van der Waals surface area contributed by atoms with Crippen LogP contribution in [0.1, 0.15) is 27.7 Å². The molecule has 0 bridgehead atoms. The van der Waals surface area contributed by atoms with Gasteiger partial charge in [0.05, 0.1) is 5.41 Å². The van der Waals surface area contributed by atoms with E-state index < -0.39 is 5.41 Å². The molecule has 0 atom stereocenters. The van der Waals surface area contributed by atoms with Crippen molar-refractivity contribution in [3.05, 3.63) is 0 Å². The van der Waals surface area contributed by atoms with Gasteiger partial charge >= 0.3 is 0 Å². The Hall–Kier alpha value is -0.570. The van der Waals surface area contributed by atoms with Crippen LogP contribution in [0.15, 0.2) is 0 Å². The predicted molar refractivity (Wildman–Crippen MR) is 50.7 cm³/mol. The van der Waals surface area contributed by atoms with E-state index in [1.54, 1.807) is 0 Å². The average molecular weight is 172 g/mol. The molecule has 0 aliphatic carbocycles. The Labute approximate surface area is 74.7 Å². The fourth-order valence-electron chi connectivity index (χ4n) is 0.629. The molecule has 0 aliphatic heterocycles. The van der Waals surface area contributed by atoms with Gasteiger partial charge in [0.25, 0.3) is 0 Å². The van der Waals surface area contributed by atoms with Gasteiger partial charge in [-0.25, -0.2) is 0 Å². The smallest absolute Gasteiger partial charge is 0.226 e. The maximum absolute atomic E-state index is 11.4. The van der Waals surface area contributed by atoms with E-state index >= 15 is 0 Å². The molecule has 0 spiro atoms. The maximum atomic E-state index is 11.4. The third kappa shape index (κ3) is 3.72. The first-order valence-corrected chi connectivity index (χ1v) is 4.38. The van der Waals surface area contributed by atoms with Gasteiger partial charge < -0.3 is 11.1 Å². The number of nitrogens with one attached hydrogen (secondary N) is 1. The third-order valence-corrected chi connectivity index (χ3v) is 1.80. The molecule has 0 fully saturated rings. The maximum Gasteiger partial charge on any atom is 0.226 e. The van der Waals surface area contributed by atoms with Gasteiger partial charge in [0, 0.05) is 13.1 Å². The second-order valence-electron chi connectivity index (χ2n) is 4.19. The molecule has 72 valence electrons. The Balaban J connectivity index is 3.88. The summed E-state index contributed by atoms with van der Waals surface area (Å²) < 4.78 is 0. The van der Waals surface area contributed by atoms with Crippen LogP contribution in [0.2, 0.25) is 0 Å². The van der Waals surface area contributed by atoms with Crippen LogP contribution >= 0.6 is 0 Å². The van der Waals surface area contributed by atoms with Gasteiger partial charge in [0.1, 0.15) is 0 Å². The highest BCUT2D eigenvalue weighted by Gasteiger charge is 2.25. The van der Waals surface area contributed by atoms with Gasteiger partial charge in [-0.3, -0.25) is 4.79 Å². The summed E-state index contributed by atoms with van der Waals surface area (Å²) in [7, 11) is 0. The molecule has 0 aromatic heterocycles. The normalized spacial score (nSPS) is 11.8. The Bertz CT molecular complexity index is 153. The zero-order valence-corrected chi connectivity index (χ0v) is 8.48. The topological polar surface area (TPSA) is 55.1 Å². The van der Waals surface area contributed by atoms with Crippen LogP contribution in [-0.2, 0) is 4.79 Å². The van der Waals surface area contributed by atoms with Gasteiger partial charge in [-0.2, -0.15) is 0 Å². The molecule has 3 N–H and O–H groups in total. The minimum atomic E-state index is -0.436. The third-order valence-electron chi connectivity index (χ3n) is 1.80. The lowest BCUT2D eigenvalue weighted by atomic mass is 9.92. The van der Waals surface area contributed by atoms with E-state index in [0.29, 0.717) is 12.5 Å². The molecule has 0 saturated carbocycles. The molecule has 1 amide bonds. The van der Waals surface area contributed by atoms with Crippen LogP contribution in [0.25, 0.3) is 0 Å². The molecule has 3 heteroatoms. The number of carbonyl (C=O) groups is 1. The zero-order chi connectivity index (χ0) is 9.78. The van der Waals surface area contributed by atoms with Crippen molar-refractivity contribution in [2.24, 2.45) is 17.1 Å². The fraction of sp³-hybridized carbons (Fsp3) is 0.889. The van der Waals surface area contributed by atoms with E-state index in [-0.39, 0.29) is 5.91 Å². The van der Waals surface area contributed by atoms with E-state index in [4.69, 9.17) is 5.73 Å². The van der Waals surface area contributed by atoms with E-state index in [1.807, 2.05) is 13.8 Å². The van der Waals surface area contributed by atoms with Crippen molar-refractivity contribution in [2.45, 2.75) is 27.7 Å². The van der Waals surface area contributed by atoms with Crippen molar-refractivity contribution >= 4 is 5.91 Å². The molecule has 0 heterocycles. The molecule has 3 nitrogen and oxygen atoms in total. The van der Waals surface area contributed by atoms with E-state index in [1.165, 1.54) is 0 Å². The molecule has 0 unspecified atom stereocenters. The molecule has 12 heavy (non-hydrogen) atoms. The number of amides is 1. The summed E-state index contributed by atoms with van der Waals surface area (Å²) in [5, 5.41) is 2.85. The highest BCUT2D eigenvalue weighted by molar-refractivity contribution is 5.81. The second kappa shape index (κ2) is 4.45. The van der Waals surface area contributed by atoms with Gasteiger partial charge in [-0.1, -0.05) is 13.8 Å². The lowest BCUT2D eigenvalue weighted by molar-refractivity contribution is -0.129. The fourth-order valence-corrected chi connectivity index (χ4v) is 0.629. The summed E-state index contributed by atoms with van der Waals surface area (Å²) >= 11 is 0. The lowest BCUT2D eigenvalue weighted by Crippen LogP contribution is -2.42. The Morgan fingerprint density at radius 3 is 2.33 bits per heavy atom. The standard InChI is InChI=1S/C9H20N2O/c1-7(2)5-11-8(12)9(3,4)6-10/h7H,5-6,10H2,1-4H3,(H,11,12). The number of hydrogen-bond donors (Lipinski definition) is 2. The summed E-state index contributed by atoms with van der Waals surface area (Å²) in [5.74, 6) is 0.529. The summed E-state index contributed by atoms with van der Waals surface area (Å²) in [6.07, 6.45) is 0. The van der Waals surface area contributed by atoms with Gasteiger partial charge in [-0.15, -0.1) is 0 Å². The van der Waals surface area contributed by atoms with Crippen molar-refractivity contribution in [3.8, 4) is 0 Å². The lowest BCUT2D eigenvalue weighted by Gasteiger charge is -2.21. The van der Waals surface area contributed by atoms with Crippen LogP contribution in [0.4, 0.5) is 0 Å². The van der Waals surface area contributed by atoms with E-state index in [9.17, 15) is 4.79 Å². The minimum Gasteiger partial charge on any atom is -0.355 e. The molecule has 0 radical (unpaired) electrons. The van der Waals surface area contributed by atoms with Crippen LogP contribution in [-0.4, -0.2) is 19.0 Å². The first-order valence-electron chi connectivity index (χ1n) is 4.38. The first kappa shape index (κ1) is 11.4. The quantitative estimate of drug-likeness (QED) is 0.657. The molecule has 0 aromatic carbocycles. The summed E-state index contributed by atoms with van der Waals surface area (Å²) in [5.41, 5.74) is 5.02. The summed E-state index contributed by atoms with van der Waals surface area (Å²) in [6, 6.07) is 0. The van der Waals surface area contributed by atoms with Crippen molar-refractivity contribution in [1.82, 2.24) is 5.32 Å². The second-order valence-corrected chi connectivity index (χ2v) is 4.19. The molecule has 0 aromatic rings. The van der Waals surface area contributed by atoms with Crippen molar-refractivity contribution in [1.29, 1.82) is 0 Å². The van der Waals surface area contributed by atoms with Crippen molar-refractivity contribution in [2.75, 3.05) is 13.1 Å². The monoisotopic (exact) mass is 172 g/mol. The van der Waals surface area contributed by atoms with Crippen LogP contribution in [0.5, 0.6) is 0 Å². The van der Waals surface area contributed by atoms with Crippen molar-refractivity contribution < 1.29 is 4.79 Å². The number of rotatable bonds is 4. The zero-order valence-electron chi connectivity index (χ0n) is 8.48. The number of nitrogens with two attached hydrogens (primary N) is 1. The SMILES string of the molecule is CC(C)CNC(=O)C(C)(C)CN. The molecular formula is C9H20N2O. The average Bonchev–Trinajstić information content (AvgIpc) is 2.00. The summed E-state index contributed by atoms with van der Waals surface area (Å²) in [4.78, 5) is 11.4. The Morgan fingerprint density at radius 2 is 2.00 bits per heavy atom. The molecular weight excluding hydrogens is 152 g/mol. The predicted octanol–water partition coefficient (Wildman–Crippen LogP) is 0.743. The molecule has 0 saturated heterocycles. The van der Waals surface area contributed by atoms with E-state index in [2.05, 4.69) is 19.2 Å². The Kier molecular flexibility index (Phi) is 4.24. The van der Waals surface area contributed by atoms with Gasteiger partial charge in [0.15, 0.2) is 0 Å². The minimum absolute atomic E-state index is 0.0405. The van der Waals surface area contributed by atoms with Crippen molar-refractivity contribution in [3.63, 3.8) is 0 Å². The Morgan fingerprint density at radius 1 is 1.50 bits per heavy atom. The number of carbonyl (C=O) groups excluding carboxylic acids is 1. The van der Waals surface area contributed by atoms with Crippen LogP contribution < -0.4 is 11.1 Å². The van der Waals surface area contributed by atoms with Gasteiger partial charge in [-0.05, 0) is 19.8 Å². The van der Waals surface area contributed by atoms with Gasteiger partial charge in [0.2, 0.25) is 5.91 Å².